The largest absolute Gasteiger partial charge is 0.306 e. The van der Waals surface area contributed by atoms with Crippen molar-refractivity contribution in [3.63, 3.8) is 0 Å². The zero-order valence-electron chi connectivity index (χ0n) is 7.46. The predicted molar refractivity (Wildman–Crippen MR) is 65.4 cm³/mol. The summed E-state index contributed by atoms with van der Waals surface area (Å²) in [6, 6.07) is 3.81. The Bertz CT molecular complexity index is 537. The number of H-pyrrole nitrogens is 1. The average molecular weight is 306 g/mol. The summed E-state index contributed by atoms with van der Waals surface area (Å²) >= 11 is 10.4. The highest BCUT2D eigenvalue weighted by Gasteiger charge is 2.05. The minimum atomic E-state index is -0.181. The molecule has 0 saturated heterocycles. The molecule has 0 aliphatic rings. The first-order valence-corrected chi connectivity index (χ1v) is 6.25. The quantitative estimate of drug-likeness (QED) is 0.867. The van der Waals surface area contributed by atoms with Crippen molar-refractivity contribution in [3.05, 3.63) is 38.0 Å². The molecule has 0 fully saturated rings. The van der Waals surface area contributed by atoms with Gasteiger partial charge < -0.3 is 4.98 Å². The van der Waals surface area contributed by atoms with Gasteiger partial charge in [0.25, 0.3) is 5.56 Å². The molecule has 0 bridgehead atoms. The normalized spacial score (nSPS) is 10.5. The van der Waals surface area contributed by atoms with Crippen LogP contribution in [0, 0.1) is 0 Å². The van der Waals surface area contributed by atoms with Gasteiger partial charge in [0.1, 0.15) is 5.82 Å². The van der Waals surface area contributed by atoms with E-state index in [1.807, 2.05) is 12.1 Å². The molecule has 0 amide bonds. The van der Waals surface area contributed by atoms with Gasteiger partial charge in [0.2, 0.25) is 0 Å². The summed E-state index contributed by atoms with van der Waals surface area (Å²) in [6.45, 7) is 0. The summed E-state index contributed by atoms with van der Waals surface area (Å²) in [7, 11) is 0. The summed E-state index contributed by atoms with van der Waals surface area (Å²) in [5, 5.41) is 0. The molecule has 2 rings (SSSR count). The molecule has 0 aliphatic carbocycles. The van der Waals surface area contributed by atoms with Crippen molar-refractivity contribution in [2.75, 3.05) is 0 Å². The molecule has 3 nitrogen and oxygen atoms in total. The van der Waals surface area contributed by atoms with Crippen LogP contribution in [-0.4, -0.2) is 9.97 Å². The Morgan fingerprint density at radius 1 is 1.53 bits per heavy atom. The lowest BCUT2D eigenvalue weighted by Crippen LogP contribution is -2.12. The second kappa shape index (κ2) is 4.47. The molecule has 1 N–H and O–H groups in total. The van der Waals surface area contributed by atoms with Gasteiger partial charge in [-0.1, -0.05) is 0 Å². The molecule has 15 heavy (non-hydrogen) atoms. The Morgan fingerprint density at radius 2 is 2.33 bits per heavy atom. The van der Waals surface area contributed by atoms with Crippen LogP contribution >= 0.6 is 38.9 Å². The second-order valence-electron chi connectivity index (χ2n) is 2.82. The van der Waals surface area contributed by atoms with Crippen molar-refractivity contribution in [2.45, 2.75) is 5.88 Å². The molecule has 2 aromatic rings. The molecule has 0 unspecified atom stereocenters. The molecule has 2 aromatic heterocycles. The lowest BCUT2D eigenvalue weighted by Gasteiger charge is -1.97. The Labute approximate surface area is 103 Å². The molecular weight excluding hydrogens is 300 g/mol. The number of hydrogen-bond acceptors (Lipinski definition) is 3. The van der Waals surface area contributed by atoms with Gasteiger partial charge in [0.15, 0.2) is 0 Å². The number of halogens is 2. The lowest BCUT2D eigenvalue weighted by molar-refractivity contribution is 1.08. The van der Waals surface area contributed by atoms with Crippen LogP contribution in [-0.2, 0) is 5.88 Å². The standard InChI is InChI=1S/C9H6BrClN2OS/c10-7-2-1-6(15-7)8-12-4-5(3-11)9(14)13-8/h1-2,4H,3H2,(H,12,13,14). The monoisotopic (exact) mass is 304 g/mol. The average Bonchev–Trinajstić information content (AvgIpc) is 2.65. The number of alkyl halides is 1. The van der Waals surface area contributed by atoms with E-state index in [0.717, 1.165) is 8.66 Å². The van der Waals surface area contributed by atoms with Gasteiger partial charge in [0, 0.05) is 6.20 Å². The summed E-state index contributed by atoms with van der Waals surface area (Å²) in [6.07, 6.45) is 1.51. The fourth-order valence-corrected chi connectivity index (χ4v) is 2.61. The van der Waals surface area contributed by atoms with E-state index < -0.39 is 0 Å². The van der Waals surface area contributed by atoms with E-state index in [1.165, 1.54) is 17.5 Å². The van der Waals surface area contributed by atoms with Crippen molar-refractivity contribution < 1.29 is 0 Å². The number of nitrogens with zero attached hydrogens (tertiary/aromatic N) is 1. The zero-order valence-corrected chi connectivity index (χ0v) is 10.6. The summed E-state index contributed by atoms with van der Waals surface area (Å²) in [5.41, 5.74) is 0.301. The van der Waals surface area contributed by atoms with Gasteiger partial charge in [-0.3, -0.25) is 4.79 Å². The lowest BCUT2D eigenvalue weighted by atomic mass is 10.3. The third kappa shape index (κ3) is 2.30. The van der Waals surface area contributed by atoms with Crippen molar-refractivity contribution in [1.29, 1.82) is 0 Å². The molecule has 0 spiro atoms. The maximum Gasteiger partial charge on any atom is 0.255 e. The highest BCUT2D eigenvalue weighted by Crippen LogP contribution is 2.28. The fraction of sp³-hybridized carbons (Fsp3) is 0.111. The summed E-state index contributed by atoms with van der Waals surface area (Å²) in [5.74, 6) is 0.751. The number of nitrogens with one attached hydrogen (secondary N) is 1. The van der Waals surface area contributed by atoms with Crippen LogP contribution < -0.4 is 5.56 Å². The maximum atomic E-state index is 11.5. The Kier molecular flexibility index (Phi) is 3.23. The number of aromatic nitrogens is 2. The van der Waals surface area contributed by atoms with Crippen molar-refractivity contribution in [3.8, 4) is 10.7 Å². The Hall–Kier alpha value is -0.650. The van der Waals surface area contributed by atoms with Gasteiger partial charge in [-0.15, -0.1) is 22.9 Å². The van der Waals surface area contributed by atoms with Crippen LogP contribution in [0.1, 0.15) is 5.56 Å². The maximum absolute atomic E-state index is 11.5. The van der Waals surface area contributed by atoms with Crippen LogP contribution in [0.2, 0.25) is 0 Å². The van der Waals surface area contributed by atoms with E-state index in [4.69, 9.17) is 11.6 Å². The third-order valence-corrected chi connectivity index (χ3v) is 3.74. The summed E-state index contributed by atoms with van der Waals surface area (Å²) in [4.78, 5) is 19.2. The molecule has 78 valence electrons. The topological polar surface area (TPSA) is 45.8 Å². The molecule has 0 aliphatic heterocycles. The van der Waals surface area contributed by atoms with Gasteiger partial charge in [-0.05, 0) is 28.1 Å². The molecule has 0 aromatic carbocycles. The number of rotatable bonds is 2. The van der Waals surface area contributed by atoms with Gasteiger partial charge in [-0.2, -0.15) is 0 Å². The summed E-state index contributed by atoms with van der Waals surface area (Å²) < 4.78 is 1.00. The van der Waals surface area contributed by atoms with E-state index in [-0.39, 0.29) is 11.4 Å². The molecule has 0 radical (unpaired) electrons. The first-order chi connectivity index (χ1) is 7.20. The minimum absolute atomic E-state index is 0.177. The van der Waals surface area contributed by atoms with Crippen molar-refractivity contribution in [2.24, 2.45) is 0 Å². The first kappa shape index (κ1) is 10.9. The van der Waals surface area contributed by atoms with Crippen LogP contribution in [0.3, 0.4) is 0 Å². The third-order valence-electron chi connectivity index (χ3n) is 1.82. The molecular formula is C9H6BrClN2OS. The molecule has 6 heteroatoms. The highest BCUT2D eigenvalue weighted by atomic mass is 79.9. The zero-order chi connectivity index (χ0) is 10.8. The first-order valence-electron chi connectivity index (χ1n) is 4.10. The molecule has 2 heterocycles. The number of thiophene rings is 1. The van der Waals surface area contributed by atoms with Crippen LogP contribution in [0.15, 0.2) is 26.9 Å². The van der Waals surface area contributed by atoms with Crippen LogP contribution in [0.5, 0.6) is 0 Å². The SMILES string of the molecule is O=c1[nH]c(-c2ccc(Br)s2)ncc1CCl. The number of aromatic amines is 1. The number of hydrogen-bond donors (Lipinski definition) is 1. The van der Waals surface area contributed by atoms with Crippen LogP contribution in [0.25, 0.3) is 10.7 Å². The van der Waals surface area contributed by atoms with Gasteiger partial charge in [0.05, 0.1) is 20.1 Å². The molecule has 0 saturated carbocycles. The van der Waals surface area contributed by atoms with E-state index in [0.29, 0.717) is 11.4 Å². The second-order valence-corrected chi connectivity index (χ2v) is 5.55. The van der Waals surface area contributed by atoms with E-state index >= 15 is 0 Å². The van der Waals surface area contributed by atoms with Crippen LogP contribution in [0.4, 0.5) is 0 Å². The Morgan fingerprint density at radius 3 is 2.87 bits per heavy atom. The van der Waals surface area contributed by atoms with E-state index in [2.05, 4.69) is 25.9 Å². The van der Waals surface area contributed by atoms with Crippen molar-refractivity contribution in [1.82, 2.24) is 9.97 Å². The molecule has 0 atom stereocenters. The van der Waals surface area contributed by atoms with E-state index in [9.17, 15) is 4.79 Å². The van der Waals surface area contributed by atoms with Gasteiger partial charge in [-0.25, -0.2) is 4.98 Å². The minimum Gasteiger partial charge on any atom is -0.306 e. The fourth-order valence-electron chi connectivity index (χ4n) is 1.08. The van der Waals surface area contributed by atoms with Crippen molar-refractivity contribution >= 4 is 38.9 Å². The Balaban J connectivity index is 2.47. The highest BCUT2D eigenvalue weighted by molar-refractivity contribution is 9.11. The smallest absolute Gasteiger partial charge is 0.255 e. The van der Waals surface area contributed by atoms with E-state index in [1.54, 1.807) is 0 Å². The predicted octanol–water partition coefficient (Wildman–Crippen LogP) is 3.00. The van der Waals surface area contributed by atoms with Gasteiger partial charge >= 0.3 is 0 Å².